The number of nitrogens with one attached hydrogen (secondary N) is 1. The molecule has 2 heterocycles. The van der Waals surface area contributed by atoms with Gasteiger partial charge in [-0.25, -0.2) is 4.79 Å². The molecule has 0 aromatic rings. The van der Waals surface area contributed by atoms with E-state index in [0.717, 1.165) is 4.90 Å². The van der Waals surface area contributed by atoms with E-state index in [2.05, 4.69) is 11.9 Å². The summed E-state index contributed by atoms with van der Waals surface area (Å²) in [7, 11) is 1.37. The van der Waals surface area contributed by atoms with Gasteiger partial charge in [-0.05, 0) is 0 Å². The molecule has 2 atom stereocenters. The third-order valence-corrected chi connectivity index (χ3v) is 4.28. The molecule has 1 fully saturated rings. The summed E-state index contributed by atoms with van der Waals surface area (Å²) < 4.78 is 5.00. The van der Waals surface area contributed by atoms with Gasteiger partial charge in [0.15, 0.2) is 5.70 Å². The van der Waals surface area contributed by atoms with Crippen molar-refractivity contribution < 1.29 is 24.2 Å². The molecule has 0 aromatic heterocycles. The number of rotatable bonds is 5. The summed E-state index contributed by atoms with van der Waals surface area (Å²) >= 11 is 1.36. The fourth-order valence-corrected chi connectivity index (χ4v) is 3.42. The van der Waals surface area contributed by atoms with Gasteiger partial charge in [0.05, 0.1) is 12.9 Å². The number of carboxylic acids is 1. The number of fused-ring (bicyclic) bond motifs is 1. The van der Waals surface area contributed by atoms with E-state index in [1.54, 1.807) is 0 Å². The maximum atomic E-state index is 12.0. The number of carbonyl (C=O) groups excluding carboxylic acids is 2. The molecule has 108 valence electrons. The number of hydrogen-bond acceptors (Lipinski definition) is 5. The van der Waals surface area contributed by atoms with Crippen molar-refractivity contribution in [3.8, 4) is 0 Å². The highest BCUT2D eigenvalue weighted by molar-refractivity contribution is 8.00. The molecule has 0 aromatic carbocycles. The van der Waals surface area contributed by atoms with Crippen LogP contribution in [0, 0.1) is 0 Å². The normalized spacial score (nSPS) is 24.6. The van der Waals surface area contributed by atoms with Crippen LogP contribution in [0.15, 0.2) is 24.1 Å². The summed E-state index contributed by atoms with van der Waals surface area (Å²) in [6, 6.07) is -0.694. The van der Waals surface area contributed by atoms with Crippen LogP contribution < -0.4 is 5.32 Å². The molecule has 0 unspecified atom stereocenters. The largest absolute Gasteiger partial charge is 0.498 e. The second-order valence-corrected chi connectivity index (χ2v) is 5.33. The van der Waals surface area contributed by atoms with E-state index in [0.29, 0.717) is 5.75 Å². The van der Waals surface area contributed by atoms with Gasteiger partial charge in [0.2, 0.25) is 5.91 Å². The molecule has 2 aliphatic heterocycles. The number of carbonyl (C=O) groups is 3. The highest BCUT2D eigenvalue weighted by atomic mass is 32.2. The molecule has 1 saturated heterocycles. The molecule has 0 saturated carbocycles. The second kappa shape index (κ2) is 5.58. The zero-order valence-electron chi connectivity index (χ0n) is 10.8. The van der Waals surface area contributed by atoms with Crippen LogP contribution in [0.4, 0.5) is 0 Å². The van der Waals surface area contributed by atoms with Crippen molar-refractivity contribution in [3.63, 3.8) is 0 Å². The number of aliphatic carboxylic acids is 1. The smallest absolute Gasteiger partial charge is 0.356 e. The minimum Gasteiger partial charge on any atom is -0.498 e. The van der Waals surface area contributed by atoms with Crippen LogP contribution in [0.2, 0.25) is 0 Å². The zero-order chi connectivity index (χ0) is 14.9. The lowest BCUT2D eigenvalue weighted by atomic mass is 10.0. The summed E-state index contributed by atoms with van der Waals surface area (Å²) in [5, 5.41) is 11.4. The average Bonchev–Trinajstić information content (AvgIpc) is 2.43. The van der Waals surface area contributed by atoms with Crippen LogP contribution in [0.3, 0.4) is 0 Å². The molecule has 8 heteroatoms. The van der Waals surface area contributed by atoms with Crippen LogP contribution in [0.25, 0.3) is 0 Å². The molecule has 0 bridgehead atoms. The predicted molar refractivity (Wildman–Crippen MR) is 71.5 cm³/mol. The number of carboxylic acid groups (broad SMARTS) is 1. The first-order valence-corrected chi connectivity index (χ1v) is 6.91. The van der Waals surface area contributed by atoms with E-state index in [1.165, 1.54) is 24.9 Å². The van der Waals surface area contributed by atoms with E-state index in [9.17, 15) is 19.5 Å². The highest BCUT2D eigenvalue weighted by Gasteiger charge is 2.54. The van der Waals surface area contributed by atoms with Crippen molar-refractivity contribution in [2.75, 3.05) is 12.9 Å². The van der Waals surface area contributed by atoms with Gasteiger partial charge in [-0.2, -0.15) is 0 Å². The van der Waals surface area contributed by atoms with E-state index >= 15 is 0 Å². The number of nitrogens with zero attached hydrogens (tertiary/aromatic N) is 1. The van der Waals surface area contributed by atoms with Crippen LogP contribution in [0.1, 0.15) is 6.42 Å². The van der Waals surface area contributed by atoms with Gasteiger partial charge in [0.1, 0.15) is 17.2 Å². The fraction of sp³-hybridized carbons (Fsp3) is 0.417. The minimum absolute atomic E-state index is 0.117. The van der Waals surface area contributed by atoms with E-state index in [4.69, 9.17) is 4.74 Å². The Bertz CT molecular complexity index is 516. The Balaban J connectivity index is 2.16. The lowest BCUT2D eigenvalue weighted by molar-refractivity contribution is -0.151. The summed E-state index contributed by atoms with van der Waals surface area (Å²) in [6.45, 7) is 3.45. The summed E-state index contributed by atoms with van der Waals surface area (Å²) in [5.41, 5.74) is -0.143. The third kappa shape index (κ3) is 2.26. The number of methoxy groups -OCH3 is 1. The monoisotopic (exact) mass is 298 g/mol. The maximum absolute atomic E-state index is 12.0. The first-order valence-electron chi connectivity index (χ1n) is 5.86. The number of hydrogen-bond donors (Lipinski definition) is 2. The predicted octanol–water partition coefficient (Wildman–Crippen LogP) is -0.0950. The number of ether oxygens (including phenoxy) is 1. The Morgan fingerprint density at radius 1 is 1.65 bits per heavy atom. The van der Waals surface area contributed by atoms with E-state index < -0.39 is 23.3 Å². The molecule has 7 nitrogen and oxygen atoms in total. The summed E-state index contributed by atoms with van der Waals surface area (Å²) in [4.78, 5) is 35.9. The van der Waals surface area contributed by atoms with Crippen molar-refractivity contribution in [2.45, 2.75) is 17.8 Å². The van der Waals surface area contributed by atoms with E-state index in [-0.39, 0.29) is 23.8 Å². The Morgan fingerprint density at radius 2 is 2.35 bits per heavy atom. The van der Waals surface area contributed by atoms with Crippen molar-refractivity contribution in [2.24, 2.45) is 0 Å². The van der Waals surface area contributed by atoms with Crippen molar-refractivity contribution in [3.05, 3.63) is 24.1 Å². The van der Waals surface area contributed by atoms with Crippen molar-refractivity contribution >= 4 is 29.5 Å². The van der Waals surface area contributed by atoms with Gasteiger partial charge in [-0.15, -0.1) is 18.3 Å². The summed E-state index contributed by atoms with van der Waals surface area (Å²) in [6.07, 6.45) is 1.56. The van der Waals surface area contributed by atoms with Gasteiger partial charge in [-0.1, -0.05) is 6.08 Å². The number of β-lactam (4-membered cyclic amide) rings is 1. The summed E-state index contributed by atoms with van der Waals surface area (Å²) in [5.74, 6) is -1.36. The number of thioether (sulfide) groups is 1. The maximum Gasteiger partial charge on any atom is 0.356 e. The molecule has 0 radical (unpaired) electrons. The minimum atomic E-state index is -1.21. The average molecular weight is 298 g/mol. The molecule has 2 N–H and O–H groups in total. The van der Waals surface area contributed by atoms with Gasteiger partial charge in [0.25, 0.3) is 5.91 Å². The molecule has 20 heavy (non-hydrogen) atoms. The quantitative estimate of drug-likeness (QED) is 0.544. The van der Waals surface area contributed by atoms with E-state index in [1.807, 2.05) is 0 Å². The lowest BCUT2D eigenvalue weighted by Crippen LogP contribution is -2.70. The molecular formula is C12H14N2O5S. The fourth-order valence-electron chi connectivity index (χ4n) is 2.11. The van der Waals surface area contributed by atoms with Crippen LogP contribution >= 0.6 is 11.8 Å². The van der Waals surface area contributed by atoms with Crippen LogP contribution in [-0.4, -0.2) is 52.1 Å². The zero-order valence-corrected chi connectivity index (χ0v) is 11.6. The molecule has 2 rings (SSSR count). The van der Waals surface area contributed by atoms with Gasteiger partial charge in [-0.3, -0.25) is 14.5 Å². The Labute approximate surface area is 119 Å². The SMILES string of the molecule is C=CCC(=O)N[C@@H]1C(=O)N2C(C(=O)O)=C(OC)CS[C@@H]12. The lowest BCUT2D eigenvalue weighted by Gasteiger charge is -2.48. The molecule has 0 aliphatic carbocycles. The molecule has 0 spiro atoms. The second-order valence-electron chi connectivity index (χ2n) is 4.23. The highest BCUT2D eigenvalue weighted by Crippen LogP contribution is 2.40. The topological polar surface area (TPSA) is 95.9 Å². The molecular weight excluding hydrogens is 284 g/mol. The van der Waals surface area contributed by atoms with Crippen LogP contribution in [0.5, 0.6) is 0 Å². The number of amides is 2. The third-order valence-electron chi connectivity index (χ3n) is 3.03. The molecule has 2 aliphatic rings. The Morgan fingerprint density at radius 3 is 2.90 bits per heavy atom. The molecule has 2 amide bonds. The van der Waals surface area contributed by atoms with Crippen molar-refractivity contribution in [1.29, 1.82) is 0 Å². The van der Waals surface area contributed by atoms with Gasteiger partial charge in [0, 0.05) is 6.42 Å². The first kappa shape index (κ1) is 14.4. The first-order chi connectivity index (χ1) is 9.51. The Hall–Kier alpha value is -1.96. The van der Waals surface area contributed by atoms with Crippen molar-refractivity contribution in [1.82, 2.24) is 10.2 Å². The Kier molecular flexibility index (Phi) is 4.03. The van der Waals surface area contributed by atoms with Gasteiger partial charge >= 0.3 is 5.97 Å². The van der Waals surface area contributed by atoms with Crippen LogP contribution in [-0.2, 0) is 19.1 Å². The van der Waals surface area contributed by atoms with Gasteiger partial charge < -0.3 is 15.2 Å². The standard InChI is InChI=1S/C12H14N2O5S/c1-3-4-7(15)13-8-10(16)14-9(12(17)18)6(19-2)5-20-11(8)14/h3,8,11H,1,4-5H2,2H3,(H,13,15)(H,17,18)/t8-,11+/m1/s1.